The molecule has 0 radical (unpaired) electrons. The van der Waals surface area contributed by atoms with E-state index in [4.69, 9.17) is 0 Å². The van der Waals surface area contributed by atoms with Crippen LogP contribution in [0.2, 0.25) is 0 Å². The zero-order valence-corrected chi connectivity index (χ0v) is 6.02. The molecule has 0 aliphatic heterocycles. The molecule has 0 aliphatic rings. The lowest BCUT2D eigenvalue weighted by Gasteiger charge is -2.08. The van der Waals surface area contributed by atoms with E-state index < -0.39 is 25.0 Å². The molecule has 11 heavy (non-hydrogen) atoms. The van der Waals surface area contributed by atoms with Crippen LogP contribution in [0.15, 0.2) is 0 Å². The second-order valence-corrected chi connectivity index (χ2v) is 1.82. The molecule has 0 saturated carbocycles. The minimum absolute atomic E-state index is 0.0434. The number of ether oxygens (including phenoxy) is 1. The van der Waals surface area contributed by atoms with Gasteiger partial charge in [-0.25, -0.2) is 18.0 Å². The highest BCUT2D eigenvalue weighted by Gasteiger charge is 2.29. The van der Waals surface area contributed by atoms with Crippen LogP contribution in [-0.4, -0.2) is 31.6 Å². The number of esters is 1. The lowest BCUT2D eigenvalue weighted by atomic mass is 10.3. The molecular weight excluding hydrogens is 161 g/mol. The summed E-state index contributed by atoms with van der Waals surface area (Å²) in [4.78, 5) is 10.3. The SMILES string of the molecule is CCOC(=O)C(F)C(F)CF. The van der Waals surface area contributed by atoms with Gasteiger partial charge in [-0.05, 0) is 6.92 Å². The van der Waals surface area contributed by atoms with Crippen molar-refractivity contribution in [3.63, 3.8) is 0 Å². The molecule has 5 heteroatoms. The Bertz CT molecular complexity index is 129. The molecule has 2 unspecified atom stereocenters. The summed E-state index contributed by atoms with van der Waals surface area (Å²) in [6, 6.07) is 0. The van der Waals surface area contributed by atoms with Gasteiger partial charge in [-0.2, -0.15) is 0 Å². The van der Waals surface area contributed by atoms with Gasteiger partial charge in [-0.15, -0.1) is 0 Å². The normalized spacial score (nSPS) is 15.6. The van der Waals surface area contributed by atoms with Crippen LogP contribution in [0.1, 0.15) is 6.92 Å². The van der Waals surface area contributed by atoms with Crippen molar-refractivity contribution in [3.8, 4) is 0 Å². The highest BCUT2D eigenvalue weighted by molar-refractivity contribution is 5.75. The molecule has 0 amide bonds. The molecule has 66 valence electrons. The van der Waals surface area contributed by atoms with E-state index in [0.29, 0.717) is 0 Å². The van der Waals surface area contributed by atoms with E-state index in [1.807, 2.05) is 0 Å². The fraction of sp³-hybridized carbons (Fsp3) is 0.833. The number of carbonyl (C=O) groups is 1. The van der Waals surface area contributed by atoms with Crippen molar-refractivity contribution in [2.45, 2.75) is 19.3 Å². The summed E-state index contributed by atoms with van der Waals surface area (Å²) in [7, 11) is 0. The Morgan fingerprint density at radius 3 is 2.45 bits per heavy atom. The predicted octanol–water partition coefficient (Wildman–Crippen LogP) is 1.20. The van der Waals surface area contributed by atoms with Crippen molar-refractivity contribution in [3.05, 3.63) is 0 Å². The van der Waals surface area contributed by atoms with E-state index in [-0.39, 0.29) is 6.61 Å². The van der Waals surface area contributed by atoms with Gasteiger partial charge in [0.1, 0.15) is 6.67 Å². The Morgan fingerprint density at radius 2 is 2.09 bits per heavy atom. The van der Waals surface area contributed by atoms with E-state index in [0.717, 1.165) is 0 Å². The summed E-state index contributed by atoms with van der Waals surface area (Å²) >= 11 is 0. The Kier molecular flexibility index (Phi) is 4.65. The molecule has 0 saturated heterocycles. The van der Waals surface area contributed by atoms with E-state index in [1.54, 1.807) is 0 Å². The first-order chi connectivity index (χ1) is 5.13. The highest BCUT2D eigenvalue weighted by Crippen LogP contribution is 2.06. The minimum atomic E-state index is -2.50. The summed E-state index contributed by atoms with van der Waals surface area (Å²) in [5.41, 5.74) is 0. The number of hydrogen-bond acceptors (Lipinski definition) is 2. The predicted molar refractivity (Wildman–Crippen MR) is 32.4 cm³/mol. The van der Waals surface area contributed by atoms with Crippen LogP contribution < -0.4 is 0 Å². The first-order valence-corrected chi connectivity index (χ1v) is 3.14. The van der Waals surface area contributed by atoms with Crippen LogP contribution in [-0.2, 0) is 9.53 Å². The Balaban J connectivity index is 3.80. The first kappa shape index (κ1) is 10.3. The zero-order chi connectivity index (χ0) is 8.85. The average molecular weight is 170 g/mol. The molecular formula is C6H9F3O2. The largest absolute Gasteiger partial charge is 0.464 e. The summed E-state index contributed by atoms with van der Waals surface area (Å²) in [6.45, 7) is -0.106. The fourth-order valence-corrected chi connectivity index (χ4v) is 0.448. The van der Waals surface area contributed by atoms with E-state index in [9.17, 15) is 18.0 Å². The van der Waals surface area contributed by atoms with Crippen LogP contribution in [0.5, 0.6) is 0 Å². The first-order valence-electron chi connectivity index (χ1n) is 3.14. The highest BCUT2D eigenvalue weighted by atomic mass is 19.2. The van der Waals surface area contributed by atoms with Gasteiger partial charge in [-0.1, -0.05) is 0 Å². The summed E-state index contributed by atoms with van der Waals surface area (Å²) < 4.78 is 39.9. The van der Waals surface area contributed by atoms with E-state index in [2.05, 4.69) is 4.74 Å². The van der Waals surface area contributed by atoms with Crippen molar-refractivity contribution in [2.24, 2.45) is 0 Å². The summed E-state index contributed by atoms with van der Waals surface area (Å²) in [5, 5.41) is 0. The number of alkyl halides is 3. The fourth-order valence-electron chi connectivity index (χ4n) is 0.448. The second-order valence-electron chi connectivity index (χ2n) is 1.82. The monoisotopic (exact) mass is 170 g/mol. The zero-order valence-electron chi connectivity index (χ0n) is 6.02. The number of hydrogen-bond donors (Lipinski definition) is 0. The molecule has 0 N–H and O–H groups in total. The molecule has 0 bridgehead atoms. The van der Waals surface area contributed by atoms with Crippen LogP contribution in [0.25, 0.3) is 0 Å². The van der Waals surface area contributed by atoms with Gasteiger partial charge in [0.05, 0.1) is 6.61 Å². The standard InChI is InChI=1S/C6H9F3O2/c1-2-11-6(10)5(9)4(8)3-7/h4-5H,2-3H2,1H3. The van der Waals surface area contributed by atoms with Crippen LogP contribution in [0.3, 0.4) is 0 Å². The van der Waals surface area contributed by atoms with Gasteiger partial charge in [0.15, 0.2) is 6.17 Å². The van der Waals surface area contributed by atoms with E-state index in [1.165, 1.54) is 6.92 Å². The quantitative estimate of drug-likeness (QED) is 0.592. The Hall–Kier alpha value is -0.740. The number of carbonyl (C=O) groups excluding carboxylic acids is 1. The summed E-state index contributed by atoms with van der Waals surface area (Å²) in [6.07, 6.45) is -4.91. The van der Waals surface area contributed by atoms with Gasteiger partial charge < -0.3 is 4.74 Å². The van der Waals surface area contributed by atoms with Crippen molar-refractivity contribution in [2.75, 3.05) is 13.3 Å². The van der Waals surface area contributed by atoms with Crippen molar-refractivity contribution in [1.82, 2.24) is 0 Å². The van der Waals surface area contributed by atoms with E-state index >= 15 is 0 Å². The second kappa shape index (κ2) is 4.98. The van der Waals surface area contributed by atoms with Gasteiger partial charge in [0.25, 0.3) is 0 Å². The third-order valence-electron chi connectivity index (χ3n) is 0.977. The van der Waals surface area contributed by atoms with Crippen LogP contribution in [0, 0.1) is 0 Å². The molecule has 2 atom stereocenters. The lowest BCUT2D eigenvalue weighted by Crippen LogP contribution is -2.30. The maximum absolute atomic E-state index is 12.3. The molecule has 0 aromatic heterocycles. The number of halogens is 3. The molecule has 0 heterocycles. The van der Waals surface area contributed by atoms with Crippen LogP contribution >= 0.6 is 0 Å². The molecule has 0 spiro atoms. The molecule has 0 fully saturated rings. The Labute approximate surface area is 62.3 Å². The average Bonchev–Trinajstić information content (AvgIpc) is 2.02. The topological polar surface area (TPSA) is 26.3 Å². The van der Waals surface area contributed by atoms with Gasteiger partial charge in [0, 0.05) is 0 Å². The Morgan fingerprint density at radius 1 is 1.55 bits per heavy atom. The van der Waals surface area contributed by atoms with Gasteiger partial charge in [0.2, 0.25) is 6.17 Å². The van der Waals surface area contributed by atoms with Gasteiger partial charge in [-0.3, -0.25) is 0 Å². The number of rotatable bonds is 4. The molecule has 0 aromatic carbocycles. The van der Waals surface area contributed by atoms with Crippen LogP contribution in [0.4, 0.5) is 13.2 Å². The smallest absolute Gasteiger partial charge is 0.343 e. The molecule has 0 rings (SSSR count). The third-order valence-corrected chi connectivity index (χ3v) is 0.977. The third kappa shape index (κ3) is 3.25. The van der Waals surface area contributed by atoms with Crippen molar-refractivity contribution < 1.29 is 22.7 Å². The minimum Gasteiger partial charge on any atom is -0.464 e. The van der Waals surface area contributed by atoms with Crippen molar-refractivity contribution in [1.29, 1.82) is 0 Å². The van der Waals surface area contributed by atoms with Crippen molar-refractivity contribution >= 4 is 5.97 Å². The lowest BCUT2D eigenvalue weighted by molar-refractivity contribution is -0.151. The molecule has 2 nitrogen and oxygen atoms in total. The van der Waals surface area contributed by atoms with Gasteiger partial charge >= 0.3 is 5.97 Å². The maximum Gasteiger partial charge on any atom is 0.343 e. The maximum atomic E-state index is 12.3. The molecule has 0 aromatic rings. The summed E-state index contributed by atoms with van der Waals surface area (Å²) in [5.74, 6) is -1.35. The molecule has 0 aliphatic carbocycles.